The third-order valence-corrected chi connectivity index (χ3v) is 7.76. The van der Waals surface area contributed by atoms with Gasteiger partial charge in [0.1, 0.15) is 0 Å². The molecule has 3 heterocycles. The third-order valence-electron chi connectivity index (χ3n) is 5.77. The highest BCUT2D eigenvalue weighted by Gasteiger charge is 2.52. The fourth-order valence-electron chi connectivity index (χ4n) is 3.38. The third kappa shape index (κ3) is 4.05. The van der Waals surface area contributed by atoms with E-state index >= 15 is 0 Å². The Balaban J connectivity index is 1.75. The molecule has 0 amide bonds. The summed E-state index contributed by atoms with van der Waals surface area (Å²) in [6, 6.07) is 0. The van der Waals surface area contributed by atoms with E-state index in [-0.39, 0.29) is 5.16 Å². The van der Waals surface area contributed by atoms with Gasteiger partial charge in [0.2, 0.25) is 15.0 Å². The summed E-state index contributed by atoms with van der Waals surface area (Å²) in [5, 5.41) is -0.636. The molecular formula is C17H29BN4O4S. The highest BCUT2D eigenvalue weighted by atomic mass is 32.2. The average molecular weight is 396 g/mol. The molecule has 2 saturated heterocycles. The van der Waals surface area contributed by atoms with Crippen LogP contribution in [0.5, 0.6) is 0 Å². The van der Waals surface area contributed by atoms with Gasteiger partial charge in [0, 0.05) is 37.5 Å². The summed E-state index contributed by atoms with van der Waals surface area (Å²) in [7, 11) is -4.20. The Hall–Kier alpha value is -1.07. The van der Waals surface area contributed by atoms with Gasteiger partial charge in [0.05, 0.1) is 16.5 Å². The minimum absolute atomic E-state index is 0.137. The Morgan fingerprint density at radius 3 is 2.37 bits per heavy atom. The lowest BCUT2D eigenvalue weighted by molar-refractivity contribution is 0.00578. The van der Waals surface area contributed by atoms with E-state index in [9.17, 15) is 8.42 Å². The first kappa shape index (κ1) is 20.7. The van der Waals surface area contributed by atoms with Crippen LogP contribution in [0, 0.1) is 0 Å². The molecule has 0 radical (unpaired) electrons. The van der Waals surface area contributed by atoms with E-state index in [0.29, 0.717) is 31.5 Å². The van der Waals surface area contributed by atoms with Gasteiger partial charge in [-0.05, 0) is 47.1 Å². The Labute approximate surface area is 161 Å². The number of sulfone groups is 1. The van der Waals surface area contributed by atoms with Gasteiger partial charge in [0.15, 0.2) is 0 Å². The molecule has 10 heteroatoms. The number of rotatable bonds is 5. The first-order chi connectivity index (χ1) is 12.6. The van der Waals surface area contributed by atoms with Crippen LogP contribution in [0.2, 0.25) is 0 Å². The molecule has 0 bridgehead atoms. The van der Waals surface area contributed by atoms with Gasteiger partial charge in [-0.15, -0.1) is 0 Å². The Morgan fingerprint density at radius 1 is 1.22 bits per heavy atom. The summed E-state index contributed by atoms with van der Waals surface area (Å²) >= 11 is 0. The van der Waals surface area contributed by atoms with Gasteiger partial charge in [-0.2, -0.15) is 0 Å². The molecular weight excluding hydrogens is 367 g/mol. The second kappa shape index (κ2) is 7.40. The minimum atomic E-state index is -3.59. The lowest BCUT2D eigenvalue weighted by atomic mass is 9.81. The van der Waals surface area contributed by atoms with Gasteiger partial charge >= 0.3 is 7.12 Å². The molecule has 0 aliphatic carbocycles. The van der Waals surface area contributed by atoms with Crippen molar-refractivity contribution in [2.24, 2.45) is 5.73 Å². The molecule has 8 nitrogen and oxygen atoms in total. The van der Waals surface area contributed by atoms with Crippen LogP contribution in [0.4, 0.5) is 0 Å². The highest BCUT2D eigenvalue weighted by Crippen LogP contribution is 2.36. The molecule has 27 heavy (non-hydrogen) atoms. The second-order valence-electron chi connectivity index (χ2n) is 8.29. The van der Waals surface area contributed by atoms with E-state index in [1.807, 2.05) is 27.7 Å². The summed E-state index contributed by atoms with van der Waals surface area (Å²) in [5.41, 5.74) is 5.26. The standard InChI is InChI=1S/C17H29BN4O4S/c1-16(2)17(3,4)26-18(25-16)13-10-20-15(21-11-13)27(23,24)14-6-5-8-22(12-14)9-7-19/h10-11,14H,5-9,12,19H2,1-4H3. The van der Waals surface area contributed by atoms with Crippen molar-refractivity contribution in [2.75, 3.05) is 26.2 Å². The van der Waals surface area contributed by atoms with Crippen LogP contribution in [-0.2, 0) is 19.1 Å². The maximum Gasteiger partial charge on any atom is 0.498 e. The van der Waals surface area contributed by atoms with Gasteiger partial charge in [-0.3, -0.25) is 0 Å². The molecule has 1 aromatic heterocycles. The van der Waals surface area contributed by atoms with E-state index in [0.717, 1.165) is 13.0 Å². The molecule has 1 unspecified atom stereocenters. The van der Waals surface area contributed by atoms with E-state index in [2.05, 4.69) is 14.9 Å². The Bertz CT molecular complexity index is 752. The SMILES string of the molecule is CC1(C)OB(c2cnc(S(=O)(=O)C3CCCN(CCN)C3)nc2)OC1(C)C. The summed E-state index contributed by atoms with van der Waals surface area (Å²) < 4.78 is 37.8. The molecule has 3 rings (SSSR count). The quantitative estimate of drug-likeness (QED) is 0.546. The van der Waals surface area contributed by atoms with Crippen LogP contribution in [0.15, 0.2) is 17.6 Å². The zero-order valence-electron chi connectivity index (χ0n) is 16.5. The minimum Gasteiger partial charge on any atom is -0.399 e. The van der Waals surface area contributed by atoms with Crippen LogP contribution in [0.1, 0.15) is 40.5 Å². The molecule has 2 N–H and O–H groups in total. The van der Waals surface area contributed by atoms with E-state index in [4.69, 9.17) is 15.0 Å². The molecule has 1 aromatic rings. The van der Waals surface area contributed by atoms with Crippen molar-refractivity contribution in [1.82, 2.24) is 14.9 Å². The zero-order valence-corrected chi connectivity index (χ0v) is 17.3. The summed E-state index contributed by atoms with van der Waals surface area (Å²) in [6.45, 7) is 10.4. The van der Waals surface area contributed by atoms with Gasteiger partial charge in [0.25, 0.3) is 0 Å². The molecule has 0 saturated carbocycles. The van der Waals surface area contributed by atoms with E-state index in [1.54, 1.807) is 0 Å². The molecule has 2 fully saturated rings. The lowest BCUT2D eigenvalue weighted by Crippen LogP contribution is -2.44. The Kier molecular flexibility index (Phi) is 5.66. The first-order valence-electron chi connectivity index (χ1n) is 9.41. The number of nitrogens with two attached hydrogens (primary N) is 1. The number of nitrogens with zero attached hydrogens (tertiary/aromatic N) is 3. The number of piperidine rings is 1. The molecule has 0 spiro atoms. The van der Waals surface area contributed by atoms with Crippen LogP contribution in [-0.4, -0.2) is 73.0 Å². The predicted octanol–water partition coefficient (Wildman–Crippen LogP) is -0.0274. The van der Waals surface area contributed by atoms with E-state index < -0.39 is 33.4 Å². The van der Waals surface area contributed by atoms with Crippen molar-refractivity contribution >= 4 is 22.4 Å². The second-order valence-corrected chi connectivity index (χ2v) is 10.4. The smallest absolute Gasteiger partial charge is 0.399 e. The van der Waals surface area contributed by atoms with Crippen LogP contribution in [0.25, 0.3) is 0 Å². The fraction of sp³-hybridized carbons (Fsp3) is 0.765. The molecule has 0 aromatic carbocycles. The predicted molar refractivity (Wildman–Crippen MR) is 103 cm³/mol. The van der Waals surface area contributed by atoms with Crippen molar-refractivity contribution in [3.05, 3.63) is 12.4 Å². The van der Waals surface area contributed by atoms with E-state index in [1.165, 1.54) is 12.4 Å². The number of hydrogen-bond acceptors (Lipinski definition) is 8. The van der Waals surface area contributed by atoms with Gasteiger partial charge < -0.3 is 19.9 Å². The van der Waals surface area contributed by atoms with Crippen molar-refractivity contribution in [3.63, 3.8) is 0 Å². The highest BCUT2D eigenvalue weighted by molar-refractivity contribution is 7.91. The maximum absolute atomic E-state index is 12.9. The maximum atomic E-state index is 12.9. The van der Waals surface area contributed by atoms with Gasteiger partial charge in [-0.25, -0.2) is 18.4 Å². The Morgan fingerprint density at radius 2 is 1.81 bits per heavy atom. The first-order valence-corrected chi connectivity index (χ1v) is 11.0. The molecule has 2 aliphatic heterocycles. The topological polar surface area (TPSA) is 108 Å². The van der Waals surface area contributed by atoms with Crippen LogP contribution < -0.4 is 11.2 Å². The molecule has 2 aliphatic rings. The monoisotopic (exact) mass is 396 g/mol. The van der Waals surface area contributed by atoms with Crippen LogP contribution in [0.3, 0.4) is 0 Å². The fourth-order valence-corrected chi connectivity index (χ4v) is 4.96. The lowest BCUT2D eigenvalue weighted by Gasteiger charge is -2.32. The van der Waals surface area contributed by atoms with Crippen molar-refractivity contribution in [3.8, 4) is 0 Å². The van der Waals surface area contributed by atoms with Crippen molar-refractivity contribution in [2.45, 2.75) is 62.1 Å². The number of hydrogen-bond donors (Lipinski definition) is 1. The van der Waals surface area contributed by atoms with Crippen molar-refractivity contribution < 1.29 is 17.7 Å². The number of aromatic nitrogens is 2. The molecule has 1 atom stereocenters. The molecule has 150 valence electrons. The summed E-state index contributed by atoms with van der Waals surface area (Å²) in [5.74, 6) is 0. The largest absolute Gasteiger partial charge is 0.498 e. The summed E-state index contributed by atoms with van der Waals surface area (Å²) in [4.78, 5) is 10.4. The van der Waals surface area contributed by atoms with Crippen LogP contribution >= 0.6 is 0 Å². The zero-order chi connectivity index (χ0) is 19.9. The van der Waals surface area contributed by atoms with Crippen molar-refractivity contribution in [1.29, 1.82) is 0 Å². The average Bonchev–Trinajstić information content (AvgIpc) is 2.83. The van der Waals surface area contributed by atoms with Gasteiger partial charge in [-0.1, -0.05) is 0 Å². The normalized spacial score (nSPS) is 25.7. The summed E-state index contributed by atoms with van der Waals surface area (Å²) in [6.07, 6.45) is 4.42. The number of likely N-dealkylation sites (tertiary alicyclic amines) is 1.